The number of hydrogen-bond donors (Lipinski definition) is 1. The smallest absolute Gasteiger partial charge is 0.262 e. The second-order valence-corrected chi connectivity index (χ2v) is 6.40. The highest BCUT2D eigenvalue weighted by Gasteiger charge is 2.15. The van der Waals surface area contributed by atoms with E-state index in [9.17, 15) is 9.59 Å². The Hall–Kier alpha value is -2.73. The summed E-state index contributed by atoms with van der Waals surface area (Å²) in [6.45, 7) is 2.99. The molecule has 0 saturated carbocycles. The Morgan fingerprint density at radius 3 is 2.31 bits per heavy atom. The first-order chi connectivity index (χ1) is 12.6. The summed E-state index contributed by atoms with van der Waals surface area (Å²) < 4.78 is 5.42. The van der Waals surface area contributed by atoms with Crippen LogP contribution in [-0.4, -0.2) is 50.0 Å². The Labute approximate surface area is 157 Å². The summed E-state index contributed by atoms with van der Waals surface area (Å²) in [5, 5.41) is 3.43. The molecule has 3 rings (SSSR count). The molecule has 1 N–H and O–H groups in total. The van der Waals surface area contributed by atoms with Gasteiger partial charge in [0.1, 0.15) is 5.75 Å². The molecule has 136 valence electrons. The van der Waals surface area contributed by atoms with E-state index in [-0.39, 0.29) is 12.5 Å². The van der Waals surface area contributed by atoms with Gasteiger partial charge in [-0.2, -0.15) is 0 Å². The lowest BCUT2D eigenvalue weighted by molar-refractivity contribution is -0.119. The van der Waals surface area contributed by atoms with Crippen molar-refractivity contribution in [3.05, 3.63) is 53.6 Å². The fraction of sp³-hybridized carbons (Fsp3) is 0.263. The number of ether oxygens (including phenoxy) is 1. The molecule has 2 aromatic rings. The highest BCUT2D eigenvalue weighted by atomic mass is 35.5. The van der Waals surface area contributed by atoms with Gasteiger partial charge < -0.3 is 19.9 Å². The Bertz CT molecular complexity index is 742. The zero-order valence-corrected chi connectivity index (χ0v) is 15.0. The SMILES string of the molecule is O=CN1CCN(c2ccc(NC(=O)COc3ccc(Cl)cc3)cc2)CC1. The third-order valence-electron chi connectivity index (χ3n) is 4.16. The van der Waals surface area contributed by atoms with Crippen LogP contribution in [0.4, 0.5) is 11.4 Å². The fourth-order valence-electron chi connectivity index (χ4n) is 2.72. The molecule has 0 unspecified atom stereocenters. The number of anilines is 2. The van der Waals surface area contributed by atoms with Crippen molar-refractivity contribution in [2.24, 2.45) is 0 Å². The minimum Gasteiger partial charge on any atom is -0.484 e. The number of amides is 2. The Balaban J connectivity index is 1.48. The van der Waals surface area contributed by atoms with E-state index in [2.05, 4.69) is 10.2 Å². The van der Waals surface area contributed by atoms with Crippen LogP contribution < -0.4 is 15.0 Å². The van der Waals surface area contributed by atoms with Gasteiger partial charge in [-0.3, -0.25) is 9.59 Å². The second kappa shape index (κ2) is 8.58. The summed E-state index contributed by atoms with van der Waals surface area (Å²) in [6.07, 6.45) is 0.891. The molecule has 0 aromatic heterocycles. The number of nitrogens with zero attached hydrogens (tertiary/aromatic N) is 2. The van der Waals surface area contributed by atoms with E-state index in [0.717, 1.165) is 38.3 Å². The maximum atomic E-state index is 12.0. The van der Waals surface area contributed by atoms with E-state index >= 15 is 0 Å². The molecule has 6 nitrogen and oxygen atoms in total. The number of hydrogen-bond acceptors (Lipinski definition) is 4. The van der Waals surface area contributed by atoms with Crippen molar-refractivity contribution in [1.29, 1.82) is 0 Å². The van der Waals surface area contributed by atoms with Gasteiger partial charge in [0.05, 0.1) is 0 Å². The summed E-state index contributed by atoms with van der Waals surface area (Å²) in [5.41, 5.74) is 1.79. The number of nitrogens with one attached hydrogen (secondary N) is 1. The predicted molar refractivity (Wildman–Crippen MR) is 102 cm³/mol. The Morgan fingerprint density at radius 1 is 1.04 bits per heavy atom. The normalized spacial score (nSPS) is 14.0. The zero-order valence-electron chi connectivity index (χ0n) is 14.2. The van der Waals surface area contributed by atoms with Crippen molar-refractivity contribution in [3.8, 4) is 5.75 Å². The molecular formula is C19H20ClN3O3. The molecule has 0 atom stereocenters. The van der Waals surface area contributed by atoms with Crippen LogP contribution in [0.15, 0.2) is 48.5 Å². The monoisotopic (exact) mass is 373 g/mol. The fourth-order valence-corrected chi connectivity index (χ4v) is 2.84. The average molecular weight is 374 g/mol. The summed E-state index contributed by atoms with van der Waals surface area (Å²) in [4.78, 5) is 26.7. The molecule has 0 spiro atoms. The van der Waals surface area contributed by atoms with Gasteiger partial charge in [0, 0.05) is 42.6 Å². The quantitative estimate of drug-likeness (QED) is 0.791. The molecule has 0 radical (unpaired) electrons. The van der Waals surface area contributed by atoms with Crippen LogP contribution >= 0.6 is 11.6 Å². The van der Waals surface area contributed by atoms with Gasteiger partial charge in [0.2, 0.25) is 6.41 Å². The van der Waals surface area contributed by atoms with Crippen LogP contribution in [0.1, 0.15) is 0 Å². The number of piperazine rings is 1. The van der Waals surface area contributed by atoms with Crippen molar-refractivity contribution in [3.63, 3.8) is 0 Å². The van der Waals surface area contributed by atoms with E-state index in [1.807, 2.05) is 24.3 Å². The van der Waals surface area contributed by atoms with Crippen LogP contribution in [-0.2, 0) is 9.59 Å². The molecule has 2 amide bonds. The Kier molecular flexibility index (Phi) is 5.96. The minimum atomic E-state index is -0.229. The Morgan fingerprint density at radius 2 is 1.69 bits per heavy atom. The average Bonchev–Trinajstić information content (AvgIpc) is 2.68. The lowest BCUT2D eigenvalue weighted by Crippen LogP contribution is -2.45. The molecule has 2 aromatic carbocycles. The van der Waals surface area contributed by atoms with E-state index in [1.165, 1.54) is 0 Å². The highest BCUT2D eigenvalue weighted by molar-refractivity contribution is 6.30. The lowest BCUT2D eigenvalue weighted by atomic mass is 10.2. The number of carbonyl (C=O) groups is 2. The molecule has 1 heterocycles. The third kappa shape index (κ3) is 4.89. The van der Waals surface area contributed by atoms with Crippen molar-refractivity contribution in [1.82, 2.24) is 4.90 Å². The van der Waals surface area contributed by atoms with E-state index < -0.39 is 0 Å². The van der Waals surface area contributed by atoms with Crippen LogP contribution in [0.5, 0.6) is 5.75 Å². The summed E-state index contributed by atoms with van der Waals surface area (Å²) in [7, 11) is 0. The maximum absolute atomic E-state index is 12.0. The van der Waals surface area contributed by atoms with Gasteiger partial charge in [0.25, 0.3) is 5.91 Å². The van der Waals surface area contributed by atoms with Crippen LogP contribution in [0, 0.1) is 0 Å². The summed E-state index contributed by atoms with van der Waals surface area (Å²) in [5.74, 6) is 0.363. The highest BCUT2D eigenvalue weighted by Crippen LogP contribution is 2.19. The molecule has 26 heavy (non-hydrogen) atoms. The third-order valence-corrected chi connectivity index (χ3v) is 4.42. The minimum absolute atomic E-state index is 0.0724. The second-order valence-electron chi connectivity index (χ2n) is 5.97. The predicted octanol–water partition coefficient (Wildman–Crippen LogP) is 2.64. The van der Waals surface area contributed by atoms with Crippen molar-refractivity contribution in [2.75, 3.05) is 43.0 Å². The molecule has 7 heteroatoms. The largest absolute Gasteiger partial charge is 0.484 e. The van der Waals surface area contributed by atoms with Crippen LogP contribution in [0.2, 0.25) is 5.02 Å². The topological polar surface area (TPSA) is 61.9 Å². The van der Waals surface area contributed by atoms with E-state index in [4.69, 9.17) is 16.3 Å². The van der Waals surface area contributed by atoms with Crippen LogP contribution in [0.3, 0.4) is 0 Å². The number of halogens is 1. The number of carbonyl (C=O) groups excluding carboxylic acids is 2. The van der Waals surface area contributed by atoms with Gasteiger partial charge in [-0.25, -0.2) is 0 Å². The van der Waals surface area contributed by atoms with Crippen molar-refractivity contribution < 1.29 is 14.3 Å². The van der Waals surface area contributed by atoms with Crippen molar-refractivity contribution >= 4 is 35.3 Å². The maximum Gasteiger partial charge on any atom is 0.262 e. The zero-order chi connectivity index (χ0) is 18.4. The summed E-state index contributed by atoms with van der Waals surface area (Å²) in [6, 6.07) is 14.5. The molecule has 1 saturated heterocycles. The number of benzene rings is 2. The van der Waals surface area contributed by atoms with Gasteiger partial charge in [-0.15, -0.1) is 0 Å². The van der Waals surface area contributed by atoms with Gasteiger partial charge in [0.15, 0.2) is 6.61 Å². The van der Waals surface area contributed by atoms with Crippen molar-refractivity contribution in [2.45, 2.75) is 0 Å². The lowest BCUT2D eigenvalue weighted by Gasteiger charge is -2.34. The van der Waals surface area contributed by atoms with Gasteiger partial charge in [-0.1, -0.05) is 11.6 Å². The van der Waals surface area contributed by atoms with Gasteiger partial charge >= 0.3 is 0 Å². The first kappa shape index (κ1) is 18.1. The summed E-state index contributed by atoms with van der Waals surface area (Å²) >= 11 is 5.81. The molecule has 0 bridgehead atoms. The van der Waals surface area contributed by atoms with Gasteiger partial charge in [-0.05, 0) is 48.5 Å². The van der Waals surface area contributed by atoms with E-state index in [0.29, 0.717) is 16.5 Å². The molecule has 0 aliphatic carbocycles. The molecule has 1 fully saturated rings. The number of rotatable bonds is 6. The standard InChI is InChI=1S/C19H20ClN3O3/c20-15-1-7-18(8-2-15)26-13-19(25)21-16-3-5-17(6-4-16)23-11-9-22(14-24)10-12-23/h1-8,14H,9-13H2,(H,21,25). The van der Waals surface area contributed by atoms with Crippen LogP contribution in [0.25, 0.3) is 0 Å². The first-order valence-corrected chi connectivity index (χ1v) is 8.74. The molecule has 1 aliphatic rings. The molecule has 1 aliphatic heterocycles. The molecular weight excluding hydrogens is 354 g/mol. The van der Waals surface area contributed by atoms with E-state index in [1.54, 1.807) is 29.2 Å². The first-order valence-electron chi connectivity index (χ1n) is 8.36.